The van der Waals surface area contributed by atoms with Crippen molar-refractivity contribution in [1.82, 2.24) is 9.97 Å². The summed E-state index contributed by atoms with van der Waals surface area (Å²) in [7, 11) is 1.66. The van der Waals surface area contributed by atoms with Crippen molar-refractivity contribution in [3.63, 3.8) is 0 Å². The molecule has 36 heavy (non-hydrogen) atoms. The fourth-order valence-corrected chi connectivity index (χ4v) is 4.47. The van der Waals surface area contributed by atoms with Gasteiger partial charge in [0, 0.05) is 39.6 Å². The Labute approximate surface area is 210 Å². The van der Waals surface area contributed by atoms with Gasteiger partial charge in [-0.2, -0.15) is 0 Å². The first-order chi connectivity index (χ1) is 17.5. The van der Waals surface area contributed by atoms with Crippen molar-refractivity contribution in [2.45, 2.75) is 19.9 Å². The Morgan fingerprint density at radius 1 is 0.944 bits per heavy atom. The van der Waals surface area contributed by atoms with Gasteiger partial charge in [0.2, 0.25) is 0 Å². The van der Waals surface area contributed by atoms with Gasteiger partial charge in [-0.15, -0.1) is 0 Å². The zero-order chi connectivity index (χ0) is 25.1. The van der Waals surface area contributed by atoms with Gasteiger partial charge in [-0.1, -0.05) is 35.9 Å². The van der Waals surface area contributed by atoms with E-state index in [4.69, 9.17) is 4.74 Å². The predicted octanol–water partition coefficient (Wildman–Crippen LogP) is 6.64. The van der Waals surface area contributed by atoms with Crippen LogP contribution in [0.5, 0.6) is 5.75 Å². The van der Waals surface area contributed by atoms with Crippen LogP contribution in [-0.2, 0) is 0 Å². The van der Waals surface area contributed by atoms with E-state index in [1.165, 1.54) is 0 Å². The highest BCUT2D eigenvalue weighted by Crippen LogP contribution is 2.37. The maximum atomic E-state index is 12.9. The summed E-state index contributed by atoms with van der Waals surface area (Å²) in [6, 6.07) is 27.0. The molecule has 0 saturated carbocycles. The SMILES string of the molecule is COc1ccccc1N[C@H](c1ccccn1)c1c(C)[nH]c2ccc(NC(=O)c3ccc(C)cc3)cc12. The number of anilines is 2. The van der Waals surface area contributed by atoms with Crippen LogP contribution in [-0.4, -0.2) is 23.0 Å². The molecule has 1 atom stereocenters. The fraction of sp³-hybridized carbons (Fsp3) is 0.133. The Kier molecular flexibility index (Phi) is 6.41. The first-order valence-electron chi connectivity index (χ1n) is 11.8. The molecule has 0 aliphatic carbocycles. The van der Waals surface area contributed by atoms with Gasteiger partial charge in [0.15, 0.2) is 0 Å². The number of aromatic amines is 1. The number of nitrogens with one attached hydrogen (secondary N) is 3. The average Bonchev–Trinajstić information content (AvgIpc) is 3.23. The Bertz CT molecular complexity index is 1510. The number of benzene rings is 3. The normalized spacial score (nSPS) is 11.8. The van der Waals surface area contributed by atoms with Gasteiger partial charge in [-0.05, 0) is 68.4 Å². The van der Waals surface area contributed by atoms with E-state index in [0.717, 1.165) is 50.5 Å². The van der Waals surface area contributed by atoms with Crippen LogP contribution in [0.25, 0.3) is 10.9 Å². The van der Waals surface area contributed by atoms with Gasteiger partial charge in [0.05, 0.1) is 24.5 Å². The monoisotopic (exact) mass is 476 g/mol. The molecule has 2 heterocycles. The number of nitrogens with zero attached hydrogens (tertiary/aromatic N) is 1. The molecule has 0 fully saturated rings. The Hall–Kier alpha value is -4.58. The first-order valence-corrected chi connectivity index (χ1v) is 11.8. The molecule has 3 aromatic carbocycles. The van der Waals surface area contributed by atoms with Gasteiger partial charge in [0.25, 0.3) is 5.91 Å². The number of H-pyrrole nitrogens is 1. The molecule has 6 nitrogen and oxygen atoms in total. The molecular weight excluding hydrogens is 448 g/mol. The van der Waals surface area contributed by atoms with E-state index in [1.54, 1.807) is 13.3 Å². The smallest absolute Gasteiger partial charge is 0.255 e. The lowest BCUT2D eigenvalue weighted by molar-refractivity contribution is 0.102. The second kappa shape index (κ2) is 9.96. The molecule has 0 saturated heterocycles. The van der Waals surface area contributed by atoms with Crippen molar-refractivity contribution < 1.29 is 9.53 Å². The number of fused-ring (bicyclic) bond motifs is 1. The average molecular weight is 477 g/mol. The van der Waals surface area contributed by atoms with Crippen molar-refractivity contribution in [2.75, 3.05) is 17.7 Å². The molecule has 5 rings (SSSR count). The van der Waals surface area contributed by atoms with Gasteiger partial charge in [-0.3, -0.25) is 9.78 Å². The van der Waals surface area contributed by atoms with Crippen molar-refractivity contribution >= 4 is 28.2 Å². The van der Waals surface area contributed by atoms with Crippen LogP contribution in [0.3, 0.4) is 0 Å². The van der Waals surface area contributed by atoms with E-state index in [-0.39, 0.29) is 11.9 Å². The number of pyridine rings is 1. The summed E-state index contributed by atoms with van der Waals surface area (Å²) in [6.45, 7) is 4.06. The first kappa shape index (κ1) is 23.2. The van der Waals surface area contributed by atoms with Crippen molar-refractivity contribution in [2.24, 2.45) is 0 Å². The lowest BCUT2D eigenvalue weighted by Gasteiger charge is -2.22. The fourth-order valence-electron chi connectivity index (χ4n) is 4.47. The highest BCUT2D eigenvalue weighted by molar-refractivity contribution is 6.05. The van der Waals surface area contributed by atoms with Crippen molar-refractivity contribution in [3.8, 4) is 5.75 Å². The van der Waals surface area contributed by atoms with Crippen LogP contribution in [0.15, 0.2) is 91.1 Å². The minimum absolute atomic E-state index is 0.142. The van der Waals surface area contributed by atoms with Crippen LogP contribution in [0.4, 0.5) is 11.4 Å². The Balaban J connectivity index is 1.56. The Morgan fingerprint density at radius 2 is 1.72 bits per heavy atom. The second-order valence-corrected chi connectivity index (χ2v) is 8.78. The molecule has 0 bridgehead atoms. The van der Waals surface area contributed by atoms with E-state index in [1.807, 2.05) is 91.9 Å². The van der Waals surface area contributed by atoms with Gasteiger partial charge in [0.1, 0.15) is 5.75 Å². The number of aryl methyl sites for hydroxylation is 2. The molecule has 0 unspecified atom stereocenters. The summed E-state index contributed by atoms with van der Waals surface area (Å²) in [6.07, 6.45) is 1.80. The van der Waals surface area contributed by atoms with Crippen LogP contribution in [0.2, 0.25) is 0 Å². The number of carbonyl (C=O) groups excluding carboxylic acids is 1. The summed E-state index contributed by atoms with van der Waals surface area (Å²) in [5, 5.41) is 7.70. The lowest BCUT2D eigenvalue weighted by Crippen LogP contribution is -2.15. The third-order valence-corrected chi connectivity index (χ3v) is 6.29. The van der Waals surface area contributed by atoms with Crippen molar-refractivity contribution in [1.29, 1.82) is 0 Å². The minimum atomic E-state index is -0.251. The zero-order valence-electron chi connectivity index (χ0n) is 20.5. The molecule has 0 spiro atoms. The quantitative estimate of drug-likeness (QED) is 0.246. The molecule has 0 radical (unpaired) electrons. The maximum absolute atomic E-state index is 12.9. The number of ether oxygens (including phenoxy) is 1. The Morgan fingerprint density at radius 3 is 2.47 bits per heavy atom. The van der Waals surface area contributed by atoms with Crippen molar-refractivity contribution in [3.05, 3.63) is 119 Å². The molecule has 0 aliphatic rings. The van der Waals surface area contributed by atoms with Crippen LogP contribution in [0, 0.1) is 13.8 Å². The van der Waals surface area contributed by atoms with E-state index < -0.39 is 0 Å². The summed E-state index contributed by atoms with van der Waals surface area (Å²) in [5.74, 6) is 0.610. The summed E-state index contributed by atoms with van der Waals surface area (Å²) < 4.78 is 5.59. The minimum Gasteiger partial charge on any atom is -0.495 e. The largest absolute Gasteiger partial charge is 0.495 e. The summed E-state index contributed by atoms with van der Waals surface area (Å²) in [4.78, 5) is 21.0. The zero-order valence-corrected chi connectivity index (χ0v) is 20.5. The van der Waals surface area contributed by atoms with Gasteiger partial charge in [-0.25, -0.2) is 0 Å². The lowest BCUT2D eigenvalue weighted by atomic mass is 9.98. The van der Waals surface area contributed by atoms with Crippen LogP contribution < -0.4 is 15.4 Å². The second-order valence-electron chi connectivity index (χ2n) is 8.78. The molecule has 3 N–H and O–H groups in total. The predicted molar refractivity (Wildman–Crippen MR) is 145 cm³/mol. The number of para-hydroxylation sites is 2. The van der Waals surface area contributed by atoms with E-state index in [9.17, 15) is 4.79 Å². The van der Waals surface area contributed by atoms with E-state index in [0.29, 0.717) is 5.56 Å². The van der Waals surface area contributed by atoms with Gasteiger partial charge < -0.3 is 20.4 Å². The topological polar surface area (TPSA) is 79.0 Å². The van der Waals surface area contributed by atoms with E-state index >= 15 is 0 Å². The number of rotatable bonds is 7. The molecule has 0 aliphatic heterocycles. The third-order valence-electron chi connectivity index (χ3n) is 6.29. The summed E-state index contributed by atoms with van der Waals surface area (Å²) >= 11 is 0. The standard InChI is InChI=1S/C30H28N4O2/c1-19-11-13-21(14-12-19)30(35)33-22-15-16-24-23(18-22)28(20(2)32-24)29(26-9-6-7-17-31-26)34-25-8-4-5-10-27(25)36-3/h4-18,29,32,34H,1-3H3,(H,33,35)/t29-/m1/s1. The molecule has 1 amide bonds. The number of hydrogen-bond acceptors (Lipinski definition) is 4. The molecule has 6 heteroatoms. The number of carbonyl (C=O) groups is 1. The molecule has 5 aromatic rings. The highest BCUT2D eigenvalue weighted by Gasteiger charge is 2.23. The molecular formula is C30H28N4O2. The van der Waals surface area contributed by atoms with Crippen LogP contribution in [0.1, 0.15) is 38.9 Å². The molecule has 2 aromatic heterocycles. The van der Waals surface area contributed by atoms with E-state index in [2.05, 4.69) is 27.5 Å². The number of aromatic nitrogens is 2. The molecule has 180 valence electrons. The summed E-state index contributed by atoms with van der Waals surface area (Å²) in [5.41, 5.74) is 7.27. The van der Waals surface area contributed by atoms with Crippen LogP contribution >= 0.6 is 0 Å². The number of amides is 1. The number of hydrogen-bond donors (Lipinski definition) is 3. The number of methoxy groups -OCH3 is 1. The maximum Gasteiger partial charge on any atom is 0.255 e. The highest BCUT2D eigenvalue weighted by atomic mass is 16.5. The van der Waals surface area contributed by atoms with Gasteiger partial charge >= 0.3 is 0 Å². The third kappa shape index (κ3) is 4.66.